The van der Waals surface area contributed by atoms with Gasteiger partial charge in [-0.1, -0.05) is 30.3 Å². The van der Waals surface area contributed by atoms with Crippen molar-refractivity contribution in [2.45, 2.75) is 6.54 Å². The number of thiazole rings is 1. The Morgan fingerprint density at radius 3 is 2.60 bits per heavy atom. The Kier molecular flexibility index (Phi) is 3.14. The largest absolute Gasteiger partial charge is 0.304 e. The van der Waals surface area contributed by atoms with Crippen molar-refractivity contribution in [1.82, 2.24) is 9.88 Å². The first kappa shape index (κ1) is 10.3. The Bertz CT molecular complexity index is 420. The van der Waals surface area contributed by atoms with Crippen molar-refractivity contribution in [1.29, 1.82) is 0 Å². The Balaban J connectivity index is 2.21. The summed E-state index contributed by atoms with van der Waals surface area (Å²) in [5, 5.41) is 1.10. The molecule has 2 aromatic rings. The number of aromatic nitrogens is 1. The van der Waals surface area contributed by atoms with E-state index in [0.29, 0.717) is 0 Å². The van der Waals surface area contributed by atoms with E-state index in [-0.39, 0.29) is 0 Å². The van der Waals surface area contributed by atoms with Crippen molar-refractivity contribution >= 4 is 11.3 Å². The van der Waals surface area contributed by atoms with E-state index in [0.717, 1.165) is 11.6 Å². The van der Waals surface area contributed by atoms with E-state index in [4.69, 9.17) is 0 Å². The summed E-state index contributed by atoms with van der Waals surface area (Å²) in [5.74, 6) is 0. The summed E-state index contributed by atoms with van der Waals surface area (Å²) in [4.78, 5) is 7.89. The summed E-state index contributed by atoms with van der Waals surface area (Å²) in [7, 11) is 4.14. The standard InChI is InChI=1S/C12H14N2S/c1-14(2)9-11-8-13-12(15-11)10-6-4-3-5-7-10/h3-8H,9H2,1-2H3. The molecule has 0 aliphatic carbocycles. The second kappa shape index (κ2) is 4.55. The van der Waals surface area contributed by atoms with Crippen molar-refractivity contribution in [3.8, 4) is 10.6 Å². The first-order valence-corrected chi connectivity index (χ1v) is 5.72. The molecule has 2 rings (SSSR count). The van der Waals surface area contributed by atoms with Crippen LogP contribution in [-0.2, 0) is 6.54 Å². The summed E-state index contributed by atoms with van der Waals surface area (Å²) >= 11 is 1.76. The van der Waals surface area contributed by atoms with Crippen molar-refractivity contribution in [3.63, 3.8) is 0 Å². The van der Waals surface area contributed by atoms with Crippen molar-refractivity contribution < 1.29 is 0 Å². The van der Waals surface area contributed by atoms with Gasteiger partial charge < -0.3 is 4.90 Å². The highest BCUT2D eigenvalue weighted by Crippen LogP contribution is 2.25. The quantitative estimate of drug-likeness (QED) is 0.787. The Hall–Kier alpha value is -1.19. The molecule has 3 heteroatoms. The minimum absolute atomic E-state index is 0.963. The van der Waals surface area contributed by atoms with E-state index in [2.05, 4.69) is 36.1 Å². The zero-order valence-electron chi connectivity index (χ0n) is 8.97. The lowest BCUT2D eigenvalue weighted by Crippen LogP contribution is -2.09. The van der Waals surface area contributed by atoms with Gasteiger partial charge in [-0.2, -0.15) is 0 Å². The van der Waals surface area contributed by atoms with Gasteiger partial charge in [0, 0.05) is 23.2 Å². The van der Waals surface area contributed by atoms with Crippen LogP contribution in [0.1, 0.15) is 4.88 Å². The van der Waals surface area contributed by atoms with Crippen LogP contribution in [0.25, 0.3) is 10.6 Å². The highest BCUT2D eigenvalue weighted by Gasteiger charge is 2.04. The maximum absolute atomic E-state index is 4.43. The van der Waals surface area contributed by atoms with Crippen molar-refractivity contribution in [2.24, 2.45) is 0 Å². The lowest BCUT2D eigenvalue weighted by molar-refractivity contribution is 0.406. The van der Waals surface area contributed by atoms with Gasteiger partial charge in [0.1, 0.15) is 5.01 Å². The van der Waals surface area contributed by atoms with Gasteiger partial charge in [-0.25, -0.2) is 4.98 Å². The highest BCUT2D eigenvalue weighted by atomic mass is 32.1. The summed E-state index contributed by atoms with van der Waals surface area (Å²) in [5.41, 5.74) is 1.20. The third-order valence-electron chi connectivity index (χ3n) is 2.05. The molecule has 0 saturated heterocycles. The molecule has 0 radical (unpaired) electrons. The predicted octanol–water partition coefficient (Wildman–Crippen LogP) is 2.87. The van der Waals surface area contributed by atoms with Gasteiger partial charge in [0.2, 0.25) is 0 Å². The molecule has 0 bridgehead atoms. The van der Waals surface area contributed by atoms with Crippen LogP contribution >= 0.6 is 11.3 Å². The lowest BCUT2D eigenvalue weighted by Gasteiger charge is -2.05. The molecular weight excluding hydrogens is 204 g/mol. The minimum Gasteiger partial charge on any atom is -0.304 e. The van der Waals surface area contributed by atoms with Gasteiger partial charge in [-0.15, -0.1) is 11.3 Å². The van der Waals surface area contributed by atoms with Crippen LogP contribution < -0.4 is 0 Å². The van der Waals surface area contributed by atoms with Gasteiger partial charge in [-0.05, 0) is 14.1 Å². The van der Waals surface area contributed by atoms with Gasteiger partial charge in [0.05, 0.1) is 0 Å². The van der Waals surface area contributed by atoms with Crippen LogP contribution in [0, 0.1) is 0 Å². The molecule has 1 aromatic heterocycles. The third kappa shape index (κ3) is 2.64. The van der Waals surface area contributed by atoms with E-state index in [1.807, 2.05) is 24.4 Å². The molecule has 0 saturated carbocycles. The van der Waals surface area contributed by atoms with E-state index in [1.54, 1.807) is 11.3 Å². The topological polar surface area (TPSA) is 16.1 Å². The molecule has 1 aromatic carbocycles. The first-order valence-electron chi connectivity index (χ1n) is 4.90. The average Bonchev–Trinajstić information content (AvgIpc) is 2.67. The molecule has 2 nitrogen and oxygen atoms in total. The molecule has 0 amide bonds. The summed E-state index contributed by atoms with van der Waals surface area (Å²) in [6, 6.07) is 10.3. The highest BCUT2D eigenvalue weighted by molar-refractivity contribution is 7.15. The number of nitrogens with zero attached hydrogens (tertiary/aromatic N) is 2. The van der Waals surface area contributed by atoms with Crippen LogP contribution in [0.15, 0.2) is 36.5 Å². The molecule has 0 atom stereocenters. The predicted molar refractivity (Wildman–Crippen MR) is 64.9 cm³/mol. The van der Waals surface area contributed by atoms with E-state index in [9.17, 15) is 0 Å². The fourth-order valence-corrected chi connectivity index (χ4v) is 2.44. The zero-order chi connectivity index (χ0) is 10.7. The fourth-order valence-electron chi connectivity index (χ4n) is 1.41. The first-order chi connectivity index (χ1) is 7.25. The number of hydrogen-bond acceptors (Lipinski definition) is 3. The van der Waals surface area contributed by atoms with Gasteiger partial charge in [-0.3, -0.25) is 0 Å². The molecular formula is C12H14N2S. The Morgan fingerprint density at radius 2 is 1.93 bits per heavy atom. The average molecular weight is 218 g/mol. The summed E-state index contributed by atoms with van der Waals surface area (Å²) < 4.78 is 0. The molecule has 0 aliphatic rings. The van der Waals surface area contributed by atoms with Crippen LogP contribution in [0.4, 0.5) is 0 Å². The maximum Gasteiger partial charge on any atom is 0.123 e. The Labute approximate surface area is 94.2 Å². The summed E-state index contributed by atoms with van der Waals surface area (Å²) in [6.07, 6.45) is 1.97. The SMILES string of the molecule is CN(C)Cc1cnc(-c2ccccc2)s1. The molecule has 0 unspecified atom stereocenters. The van der Waals surface area contributed by atoms with Gasteiger partial charge in [0.15, 0.2) is 0 Å². The molecule has 0 fully saturated rings. The van der Waals surface area contributed by atoms with Crippen molar-refractivity contribution in [2.75, 3.05) is 14.1 Å². The zero-order valence-corrected chi connectivity index (χ0v) is 9.79. The molecule has 0 aliphatic heterocycles. The molecule has 0 spiro atoms. The molecule has 0 N–H and O–H groups in total. The fraction of sp³-hybridized carbons (Fsp3) is 0.250. The smallest absolute Gasteiger partial charge is 0.123 e. The van der Waals surface area contributed by atoms with Gasteiger partial charge >= 0.3 is 0 Å². The monoisotopic (exact) mass is 218 g/mol. The van der Waals surface area contributed by atoms with E-state index in [1.165, 1.54) is 10.4 Å². The number of benzene rings is 1. The number of hydrogen-bond donors (Lipinski definition) is 0. The maximum atomic E-state index is 4.43. The summed E-state index contributed by atoms with van der Waals surface area (Å²) in [6.45, 7) is 0.963. The third-order valence-corrected chi connectivity index (χ3v) is 3.08. The van der Waals surface area contributed by atoms with E-state index >= 15 is 0 Å². The van der Waals surface area contributed by atoms with Crippen LogP contribution in [0.3, 0.4) is 0 Å². The Morgan fingerprint density at radius 1 is 1.20 bits per heavy atom. The number of rotatable bonds is 3. The molecule has 1 heterocycles. The van der Waals surface area contributed by atoms with Crippen LogP contribution in [-0.4, -0.2) is 24.0 Å². The van der Waals surface area contributed by atoms with Gasteiger partial charge in [0.25, 0.3) is 0 Å². The second-order valence-corrected chi connectivity index (χ2v) is 4.85. The van der Waals surface area contributed by atoms with Crippen LogP contribution in [0.2, 0.25) is 0 Å². The minimum atomic E-state index is 0.963. The lowest BCUT2D eigenvalue weighted by atomic mass is 10.2. The molecule has 15 heavy (non-hydrogen) atoms. The second-order valence-electron chi connectivity index (χ2n) is 3.74. The van der Waals surface area contributed by atoms with Crippen LogP contribution in [0.5, 0.6) is 0 Å². The normalized spacial score (nSPS) is 10.9. The van der Waals surface area contributed by atoms with Crippen molar-refractivity contribution in [3.05, 3.63) is 41.4 Å². The van der Waals surface area contributed by atoms with E-state index < -0.39 is 0 Å². The molecule has 78 valence electrons.